The predicted octanol–water partition coefficient (Wildman–Crippen LogP) is 2.90. The van der Waals surface area contributed by atoms with Crippen molar-refractivity contribution in [3.05, 3.63) is 49.1 Å². The summed E-state index contributed by atoms with van der Waals surface area (Å²) in [4.78, 5) is 4.28. The van der Waals surface area contributed by atoms with E-state index in [1.54, 1.807) is 19.3 Å². The number of hydrogen-bond acceptors (Lipinski definition) is 4. The van der Waals surface area contributed by atoms with E-state index in [9.17, 15) is 0 Å². The highest BCUT2D eigenvalue weighted by atomic mass is 16.5. The first-order valence-electron chi connectivity index (χ1n) is 5.89. The summed E-state index contributed by atoms with van der Waals surface area (Å²) in [6.07, 6.45) is 1.69. The molecule has 0 fully saturated rings. The zero-order valence-electron chi connectivity index (χ0n) is 10.8. The molecule has 19 heavy (non-hydrogen) atoms. The third-order valence-electron chi connectivity index (χ3n) is 2.59. The van der Waals surface area contributed by atoms with Crippen molar-refractivity contribution in [2.75, 3.05) is 19.5 Å². The summed E-state index contributed by atoms with van der Waals surface area (Å²) in [5, 5.41) is 0. The first-order valence-corrected chi connectivity index (χ1v) is 5.89. The number of anilines is 1. The summed E-state index contributed by atoms with van der Waals surface area (Å²) < 4.78 is 10.8. The van der Waals surface area contributed by atoms with Crippen LogP contribution in [0.15, 0.2) is 49.1 Å². The second-order valence-corrected chi connectivity index (χ2v) is 3.91. The topological polar surface area (TPSA) is 57.4 Å². The van der Waals surface area contributed by atoms with Gasteiger partial charge in [-0.15, -0.1) is 0 Å². The zero-order chi connectivity index (χ0) is 13.7. The normalized spacial score (nSPS) is 9.95. The van der Waals surface area contributed by atoms with Crippen molar-refractivity contribution in [3.8, 4) is 22.8 Å². The van der Waals surface area contributed by atoms with Crippen LogP contribution in [0.2, 0.25) is 0 Å². The minimum Gasteiger partial charge on any atom is -0.496 e. The fourth-order valence-corrected chi connectivity index (χ4v) is 1.73. The molecule has 0 bridgehead atoms. The highest BCUT2D eigenvalue weighted by Crippen LogP contribution is 2.32. The van der Waals surface area contributed by atoms with Crippen LogP contribution in [-0.2, 0) is 0 Å². The van der Waals surface area contributed by atoms with Crippen molar-refractivity contribution in [1.82, 2.24) is 4.98 Å². The molecule has 0 aliphatic carbocycles. The van der Waals surface area contributed by atoms with Crippen molar-refractivity contribution in [2.24, 2.45) is 0 Å². The van der Waals surface area contributed by atoms with Gasteiger partial charge in [-0.1, -0.05) is 18.7 Å². The Labute approximate surface area is 112 Å². The number of benzene rings is 1. The van der Waals surface area contributed by atoms with E-state index in [4.69, 9.17) is 15.2 Å². The molecule has 4 nitrogen and oxygen atoms in total. The lowest BCUT2D eigenvalue weighted by molar-refractivity contribution is 0.357. The van der Waals surface area contributed by atoms with Gasteiger partial charge < -0.3 is 15.2 Å². The lowest BCUT2D eigenvalue weighted by Crippen LogP contribution is -1.96. The van der Waals surface area contributed by atoms with Gasteiger partial charge in [-0.3, -0.25) is 0 Å². The molecular formula is C15H16N2O2. The van der Waals surface area contributed by atoms with Gasteiger partial charge >= 0.3 is 0 Å². The molecule has 0 atom stereocenters. The molecule has 0 radical (unpaired) electrons. The fraction of sp³-hybridized carbons (Fsp3) is 0.133. The zero-order valence-corrected chi connectivity index (χ0v) is 10.8. The molecule has 0 unspecified atom stereocenters. The Hall–Kier alpha value is -2.49. The van der Waals surface area contributed by atoms with Gasteiger partial charge in [0.25, 0.3) is 0 Å². The monoisotopic (exact) mass is 256 g/mol. The van der Waals surface area contributed by atoms with Gasteiger partial charge in [0.05, 0.1) is 12.8 Å². The van der Waals surface area contributed by atoms with Gasteiger partial charge in [-0.2, -0.15) is 0 Å². The number of nitrogens with zero attached hydrogens (tertiary/aromatic N) is 1. The van der Waals surface area contributed by atoms with Crippen LogP contribution in [0.1, 0.15) is 0 Å². The largest absolute Gasteiger partial charge is 0.496 e. The van der Waals surface area contributed by atoms with Crippen LogP contribution < -0.4 is 15.2 Å². The lowest BCUT2D eigenvalue weighted by atomic mass is 10.1. The molecule has 0 spiro atoms. The summed E-state index contributed by atoms with van der Waals surface area (Å²) in [7, 11) is 1.61. The maximum Gasteiger partial charge on any atom is 0.131 e. The maximum atomic E-state index is 5.70. The van der Waals surface area contributed by atoms with Crippen LogP contribution in [0.4, 0.5) is 5.82 Å². The number of hydrogen-bond donors (Lipinski definition) is 1. The molecule has 2 N–H and O–H groups in total. The van der Waals surface area contributed by atoms with Crippen LogP contribution in [0.25, 0.3) is 11.3 Å². The van der Waals surface area contributed by atoms with Crippen LogP contribution in [0, 0.1) is 0 Å². The smallest absolute Gasteiger partial charge is 0.131 e. The Kier molecular flexibility index (Phi) is 4.03. The molecule has 2 rings (SSSR count). The van der Waals surface area contributed by atoms with Crippen LogP contribution in [0.3, 0.4) is 0 Å². The first kappa shape index (κ1) is 13.0. The van der Waals surface area contributed by atoms with Gasteiger partial charge in [0.15, 0.2) is 0 Å². The molecule has 0 saturated heterocycles. The van der Waals surface area contributed by atoms with Crippen LogP contribution >= 0.6 is 0 Å². The molecule has 98 valence electrons. The van der Waals surface area contributed by atoms with Gasteiger partial charge in [-0.05, 0) is 24.3 Å². The Bertz CT molecular complexity index is 582. The Morgan fingerprint density at radius 1 is 1.32 bits per heavy atom. The van der Waals surface area contributed by atoms with E-state index in [0.717, 1.165) is 17.0 Å². The van der Waals surface area contributed by atoms with Gasteiger partial charge in [-0.25, -0.2) is 4.98 Å². The van der Waals surface area contributed by atoms with Gasteiger partial charge in [0, 0.05) is 11.6 Å². The molecule has 1 aromatic heterocycles. The summed E-state index contributed by atoms with van der Waals surface area (Å²) in [6.45, 7) is 4.07. The van der Waals surface area contributed by atoms with E-state index in [1.807, 2.05) is 30.3 Å². The van der Waals surface area contributed by atoms with E-state index < -0.39 is 0 Å². The van der Waals surface area contributed by atoms with Crippen molar-refractivity contribution in [1.29, 1.82) is 0 Å². The summed E-state index contributed by atoms with van der Waals surface area (Å²) in [6, 6.07) is 11.1. The van der Waals surface area contributed by atoms with E-state index >= 15 is 0 Å². The molecule has 2 aromatic rings. The highest BCUT2D eigenvalue weighted by Gasteiger charge is 2.09. The standard InChI is InChI=1S/C15H16N2O2/c1-3-9-19-11-7-8-12(14(10-11)18-2)13-5-4-6-15(16)17-13/h3-8,10H,1,9H2,2H3,(H2,16,17). The van der Waals surface area contributed by atoms with Crippen molar-refractivity contribution < 1.29 is 9.47 Å². The van der Waals surface area contributed by atoms with Crippen LogP contribution in [-0.4, -0.2) is 18.7 Å². The lowest BCUT2D eigenvalue weighted by Gasteiger charge is -2.11. The second-order valence-electron chi connectivity index (χ2n) is 3.91. The predicted molar refractivity (Wildman–Crippen MR) is 76.3 cm³/mol. The molecule has 1 aromatic carbocycles. The van der Waals surface area contributed by atoms with Crippen molar-refractivity contribution >= 4 is 5.82 Å². The SMILES string of the molecule is C=CCOc1ccc(-c2cccc(N)n2)c(OC)c1. The van der Waals surface area contributed by atoms with E-state index in [0.29, 0.717) is 18.2 Å². The Morgan fingerprint density at radius 3 is 2.84 bits per heavy atom. The number of pyridine rings is 1. The summed E-state index contributed by atoms with van der Waals surface area (Å²) >= 11 is 0. The molecular weight excluding hydrogens is 240 g/mol. The Morgan fingerprint density at radius 2 is 2.16 bits per heavy atom. The van der Waals surface area contributed by atoms with Crippen molar-refractivity contribution in [3.63, 3.8) is 0 Å². The first-order chi connectivity index (χ1) is 9.24. The molecule has 0 aliphatic heterocycles. The second kappa shape index (κ2) is 5.91. The minimum atomic E-state index is 0.457. The number of rotatable bonds is 5. The summed E-state index contributed by atoms with van der Waals surface area (Å²) in [5.41, 5.74) is 7.34. The third kappa shape index (κ3) is 3.04. The minimum absolute atomic E-state index is 0.457. The quantitative estimate of drug-likeness (QED) is 0.836. The van der Waals surface area contributed by atoms with Gasteiger partial charge in [0.2, 0.25) is 0 Å². The van der Waals surface area contributed by atoms with E-state index in [-0.39, 0.29) is 0 Å². The average molecular weight is 256 g/mol. The Balaban J connectivity index is 2.38. The van der Waals surface area contributed by atoms with E-state index in [2.05, 4.69) is 11.6 Å². The van der Waals surface area contributed by atoms with Crippen LogP contribution in [0.5, 0.6) is 11.5 Å². The molecule has 0 amide bonds. The highest BCUT2D eigenvalue weighted by molar-refractivity contribution is 5.69. The van der Waals surface area contributed by atoms with Crippen molar-refractivity contribution in [2.45, 2.75) is 0 Å². The molecule has 0 aliphatic rings. The third-order valence-corrected chi connectivity index (χ3v) is 2.59. The average Bonchev–Trinajstić information content (AvgIpc) is 2.44. The number of methoxy groups -OCH3 is 1. The molecule has 1 heterocycles. The number of nitrogens with two attached hydrogens (primary N) is 1. The maximum absolute atomic E-state index is 5.70. The molecule has 4 heteroatoms. The number of nitrogen functional groups attached to an aromatic ring is 1. The van der Waals surface area contributed by atoms with E-state index in [1.165, 1.54) is 0 Å². The molecule has 0 saturated carbocycles. The van der Waals surface area contributed by atoms with Gasteiger partial charge in [0.1, 0.15) is 23.9 Å². The summed E-state index contributed by atoms with van der Waals surface area (Å²) in [5.74, 6) is 1.90. The fourth-order valence-electron chi connectivity index (χ4n) is 1.73. The number of ether oxygens (including phenoxy) is 2. The number of aromatic nitrogens is 1.